The maximum Gasteiger partial charge on any atom is 0.189 e. The van der Waals surface area contributed by atoms with E-state index in [0.717, 1.165) is 82.8 Å². The van der Waals surface area contributed by atoms with Crippen molar-refractivity contribution in [1.29, 1.82) is 5.26 Å². The fraction of sp³-hybridized carbons (Fsp3) is 0. The predicted octanol–water partition coefficient (Wildman–Crippen LogP) is 13.1. The Hall–Kier alpha value is -7.86. The Kier molecular flexibility index (Phi) is 6.61. The molecule has 0 N–H and O–H groups in total. The summed E-state index contributed by atoms with van der Waals surface area (Å²) in [5.74, 6) is 0. The Morgan fingerprint density at radius 2 is 0.909 bits per heavy atom. The van der Waals surface area contributed by atoms with E-state index < -0.39 is 0 Å². The SMILES string of the molecule is [C-]#[N+]c1ccc2c3ccccc3n(-c3ccccc3-c3ccc(-n4c5ccccc5c5ccc(-n6c7ccccc7c7ccccc76)cc54)c(C#N)c3)c2c1. The van der Waals surface area contributed by atoms with E-state index in [1.54, 1.807) is 0 Å². The maximum atomic E-state index is 10.9. The van der Waals surface area contributed by atoms with Gasteiger partial charge in [-0.1, -0.05) is 115 Å². The highest BCUT2D eigenvalue weighted by molar-refractivity contribution is 6.13. The van der Waals surface area contributed by atoms with Crippen LogP contribution in [0, 0.1) is 17.9 Å². The smallest absolute Gasteiger partial charge is 0.189 e. The summed E-state index contributed by atoms with van der Waals surface area (Å²) in [7, 11) is 0. The molecule has 5 heteroatoms. The second kappa shape index (κ2) is 11.8. The summed E-state index contributed by atoms with van der Waals surface area (Å²) in [5.41, 5.74) is 12.4. The first-order valence-corrected chi connectivity index (χ1v) is 18.3. The zero-order chi connectivity index (χ0) is 36.6. The molecule has 0 spiro atoms. The van der Waals surface area contributed by atoms with Crippen molar-refractivity contribution < 1.29 is 0 Å². The molecular formula is C50H29N5. The van der Waals surface area contributed by atoms with Crippen LogP contribution >= 0.6 is 0 Å². The maximum absolute atomic E-state index is 10.9. The van der Waals surface area contributed by atoms with Gasteiger partial charge in [-0.2, -0.15) is 5.26 Å². The molecule has 0 saturated carbocycles. The zero-order valence-corrected chi connectivity index (χ0v) is 29.5. The normalized spacial score (nSPS) is 11.6. The Morgan fingerprint density at radius 1 is 0.418 bits per heavy atom. The van der Waals surface area contributed by atoms with Gasteiger partial charge in [-0.3, -0.25) is 0 Å². The molecule has 3 heterocycles. The second-order valence-corrected chi connectivity index (χ2v) is 14.0. The van der Waals surface area contributed by atoms with Gasteiger partial charge in [0.1, 0.15) is 6.07 Å². The van der Waals surface area contributed by atoms with Gasteiger partial charge in [0.05, 0.1) is 51.1 Å². The third-order valence-electron chi connectivity index (χ3n) is 11.1. The molecule has 254 valence electrons. The van der Waals surface area contributed by atoms with Crippen LogP contribution in [0.5, 0.6) is 0 Å². The number of benzene rings is 8. The molecule has 11 aromatic rings. The van der Waals surface area contributed by atoms with Gasteiger partial charge in [-0.05, 0) is 66.2 Å². The van der Waals surface area contributed by atoms with Crippen LogP contribution in [0.4, 0.5) is 5.69 Å². The number of hydrogen-bond donors (Lipinski definition) is 0. The summed E-state index contributed by atoms with van der Waals surface area (Å²) < 4.78 is 6.83. The van der Waals surface area contributed by atoms with Crippen molar-refractivity contribution in [3.63, 3.8) is 0 Å². The van der Waals surface area contributed by atoms with Gasteiger partial charge in [0.15, 0.2) is 5.69 Å². The van der Waals surface area contributed by atoms with E-state index in [0.29, 0.717) is 11.3 Å². The van der Waals surface area contributed by atoms with Crippen LogP contribution in [0.1, 0.15) is 5.56 Å². The van der Waals surface area contributed by atoms with E-state index in [-0.39, 0.29) is 0 Å². The fourth-order valence-electron chi connectivity index (χ4n) is 8.75. The summed E-state index contributed by atoms with van der Waals surface area (Å²) >= 11 is 0. The van der Waals surface area contributed by atoms with Gasteiger partial charge in [0, 0.05) is 49.1 Å². The zero-order valence-electron chi connectivity index (χ0n) is 29.5. The van der Waals surface area contributed by atoms with Gasteiger partial charge in [-0.15, -0.1) is 0 Å². The minimum atomic E-state index is 0.578. The molecule has 0 fully saturated rings. The largest absolute Gasteiger partial charge is 0.310 e. The lowest BCUT2D eigenvalue weighted by Crippen LogP contribution is -2.01. The van der Waals surface area contributed by atoms with Crippen molar-refractivity contribution in [2.45, 2.75) is 0 Å². The number of para-hydroxylation sites is 5. The first-order chi connectivity index (χ1) is 27.2. The molecule has 0 aliphatic carbocycles. The summed E-state index contributed by atoms with van der Waals surface area (Å²) in [6, 6.07) is 63.7. The number of nitriles is 1. The first kappa shape index (κ1) is 30.7. The van der Waals surface area contributed by atoms with Gasteiger partial charge in [0.25, 0.3) is 0 Å². The summed E-state index contributed by atoms with van der Waals surface area (Å²) in [6.45, 7) is 7.72. The van der Waals surface area contributed by atoms with E-state index in [1.165, 1.54) is 10.8 Å². The Morgan fingerprint density at radius 3 is 1.51 bits per heavy atom. The number of rotatable bonds is 4. The van der Waals surface area contributed by atoms with Crippen molar-refractivity contribution in [2.75, 3.05) is 0 Å². The average molecular weight is 700 g/mol. The van der Waals surface area contributed by atoms with Gasteiger partial charge < -0.3 is 13.7 Å². The van der Waals surface area contributed by atoms with E-state index in [1.807, 2.05) is 36.4 Å². The molecule has 0 atom stereocenters. The van der Waals surface area contributed by atoms with Crippen LogP contribution in [0.15, 0.2) is 176 Å². The lowest BCUT2D eigenvalue weighted by atomic mass is 10.00. The van der Waals surface area contributed by atoms with Crippen LogP contribution in [0.25, 0.3) is 98.5 Å². The quantitative estimate of drug-likeness (QED) is 0.169. The topological polar surface area (TPSA) is 42.9 Å². The highest BCUT2D eigenvalue weighted by Crippen LogP contribution is 2.40. The van der Waals surface area contributed by atoms with Crippen LogP contribution < -0.4 is 0 Å². The van der Waals surface area contributed by atoms with Crippen LogP contribution in [-0.2, 0) is 0 Å². The molecular weight excluding hydrogens is 671 g/mol. The minimum Gasteiger partial charge on any atom is -0.310 e. The van der Waals surface area contributed by atoms with Crippen LogP contribution in [0.3, 0.4) is 0 Å². The van der Waals surface area contributed by atoms with Crippen molar-refractivity contribution in [2.24, 2.45) is 0 Å². The monoisotopic (exact) mass is 699 g/mol. The highest BCUT2D eigenvalue weighted by Gasteiger charge is 2.20. The number of fused-ring (bicyclic) bond motifs is 9. The molecule has 0 aliphatic heterocycles. The second-order valence-electron chi connectivity index (χ2n) is 14.0. The summed E-state index contributed by atoms with van der Waals surface area (Å²) in [4.78, 5) is 3.75. The van der Waals surface area contributed by atoms with Gasteiger partial charge >= 0.3 is 0 Å². The highest BCUT2D eigenvalue weighted by atomic mass is 15.0. The van der Waals surface area contributed by atoms with E-state index in [2.05, 4.69) is 164 Å². The van der Waals surface area contributed by atoms with Crippen LogP contribution in [-0.4, -0.2) is 13.7 Å². The number of nitrogens with zero attached hydrogens (tertiary/aromatic N) is 5. The molecule has 0 unspecified atom stereocenters. The molecule has 0 amide bonds. The van der Waals surface area contributed by atoms with Gasteiger partial charge in [0.2, 0.25) is 0 Å². The third-order valence-corrected chi connectivity index (χ3v) is 11.1. The van der Waals surface area contributed by atoms with E-state index in [4.69, 9.17) is 6.57 Å². The van der Waals surface area contributed by atoms with Crippen LogP contribution in [0.2, 0.25) is 0 Å². The standard InChI is InChI=1S/C50H29N5/c1-52-34-23-25-41-39-15-6-11-21-48(39)55(49(41)29-34)44-17-7-2-12-36(44)32-22-27-43(33(28-32)31-51)54-47-20-10-5-16-40(47)42-26-24-35(30-50(42)54)53-45-18-8-3-13-37(45)38-14-4-9-19-46(38)53/h2-30H. The molecule has 0 radical (unpaired) electrons. The Bertz CT molecular complexity index is 3420. The Balaban J connectivity index is 1.13. The van der Waals surface area contributed by atoms with Crippen molar-refractivity contribution >= 4 is 71.1 Å². The molecule has 55 heavy (non-hydrogen) atoms. The minimum absolute atomic E-state index is 0.578. The summed E-state index contributed by atoms with van der Waals surface area (Å²) in [5, 5.41) is 17.8. The molecule has 0 aliphatic rings. The molecule has 5 nitrogen and oxygen atoms in total. The fourth-order valence-corrected chi connectivity index (χ4v) is 8.75. The van der Waals surface area contributed by atoms with Crippen molar-refractivity contribution in [3.8, 4) is 34.3 Å². The van der Waals surface area contributed by atoms with Crippen molar-refractivity contribution in [3.05, 3.63) is 193 Å². The molecule has 8 aromatic carbocycles. The molecule has 11 rings (SSSR count). The van der Waals surface area contributed by atoms with Gasteiger partial charge in [-0.25, -0.2) is 4.85 Å². The Labute approximate surface area is 316 Å². The number of hydrogen-bond acceptors (Lipinski definition) is 1. The third kappa shape index (κ3) is 4.45. The molecule has 0 bridgehead atoms. The molecule has 3 aromatic heterocycles. The lowest BCUT2D eigenvalue weighted by Gasteiger charge is -2.16. The lowest BCUT2D eigenvalue weighted by molar-refractivity contribution is 1.15. The molecule has 0 saturated heterocycles. The number of aromatic nitrogens is 3. The first-order valence-electron chi connectivity index (χ1n) is 18.3. The average Bonchev–Trinajstić information content (AvgIpc) is 3.88. The van der Waals surface area contributed by atoms with E-state index >= 15 is 0 Å². The van der Waals surface area contributed by atoms with E-state index in [9.17, 15) is 5.26 Å². The summed E-state index contributed by atoms with van der Waals surface area (Å²) in [6.07, 6.45) is 0. The predicted molar refractivity (Wildman–Crippen MR) is 226 cm³/mol. The van der Waals surface area contributed by atoms with Crippen molar-refractivity contribution in [1.82, 2.24) is 13.7 Å².